The molecule has 1 aliphatic heterocycles. The summed E-state index contributed by atoms with van der Waals surface area (Å²) in [7, 11) is 0. The lowest BCUT2D eigenvalue weighted by Crippen LogP contribution is -2.42. The molecule has 0 spiro atoms. The van der Waals surface area contributed by atoms with Crippen molar-refractivity contribution in [1.29, 1.82) is 0 Å². The summed E-state index contributed by atoms with van der Waals surface area (Å²) in [4.78, 5) is 15.5. The van der Waals surface area contributed by atoms with Gasteiger partial charge < -0.3 is 10.1 Å². The average molecular weight is 380 g/mol. The molecule has 2 heterocycles. The standard InChI is InChI=1S/C19H22F2N2O2S/c1-11-12(2)19(26-13(11)3)22-18(24)10-23-6-7-25-17(9-23)15-5-4-14(20)8-16(15)21/h4-5,8,17H,6-7,9-10H2,1-3H3,(H,22,24). The number of hydrogen-bond donors (Lipinski definition) is 1. The fourth-order valence-electron chi connectivity index (χ4n) is 3.03. The smallest absolute Gasteiger partial charge is 0.239 e. The molecule has 1 atom stereocenters. The molecule has 7 heteroatoms. The van der Waals surface area contributed by atoms with Crippen LogP contribution < -0.4 is 5.32 Å². The number of aryl methyl sites for hydroxylation is 1. The van der Waals surface area contributed by atoms with Gasteiger partial charge in [-0.2, -0.15) is 0 Å². The van der Waals surface area contributed by atoms with Crippen molar-refractivity contribution in [1.82, 2.24) is 4.90 Å². The number of carbonyl (C=O) groups excluding carboxylic acids is 1. The van der Waals surface area contributed by atoms with E-state index in [-0.39, 0.29) is 12.5 Å². The number of ether oxygens (including phenoxy) is 1. The first-order chi connectivity index (χ1) is 12.3. The first kappa shape index (κ1) is 18.9. The van der Waals surface area contributed by atoms with Gasteiger partial charge in [0, 0.05) is 29.6 Å². The van der Waals surface area contributed by atoms with Gasteiger partial charge in [0.25, 0.3) is 0 Å². The molecule has 1 amide bonds. The number of hydrogen-bond acceptors (Lipinski definition) is 4. The Morgan fingerprint density at radius 3 is 2.73 bits per heavy atom. The zero-order valence-corrected chi connectivity index (χ0v) is 15.9. The number of amides is 1. The van der Waals surface area contributed by atoms with Gasteiger partial charge in [0.2, 0.25) is 5.91 Å². The van der Waals surface area contributed by atoms with Crippen molar-refractivity contribution >= 4 is 22.2 Å². The SMILES string of the molecule is Cc1sc(NC(=O)CN2CCOC(c3ccc(F)cc3F)C2)c(C)c1C. The first-order valence-electron chi connectivity index (χ1n) is 8.50. The minimum Gasteiger partial charge on any atom is -0.371 e. The number of nitrogens with zero attached hydrogens (tertiary/aromatic N) is 1. The van der Waals surface area contributed by atoms with Crippen LogP contribution in [0, 0.1) is 32.4 Å². The zero-order chi connectivity index (χ0) is 18.8. The fourth-order valence-corrected chi connectivity index (χ4v) is 4.11. The van der Waals surface area contributed by atoms with Gasteiger partial charge in [-0.25, -0.2) is 8.78 Å². The Balaban J connectivity index is 1.62. The molecular formula is C19H22F2N2O2S. The van der Waals surface area contributed by atoms with Crippen molar-refractivity contribution in [2.45, 2.75) is 26.9 Å². The Hall–Kier alpha value is -1.83. The van der Waals surface area contributed by atoms with Crippen LogP contribution in [0.5, 0.6) is 0 Å². The van der Waals surface area contributed by atoms with Gasteiger partial charge in [-0.15, -0.1) is 11.3 Å². The normalized spacial score (nSPS) is 18.1. The molecule has 1 saturated heterocycles. The zero-order valence-electron chi connectivity index (χ0n) is 15.1. The van der Waals surface area contributed by atoms with Gasteiger partial charge in [0.15, 0.2) is 0 Å². The van der Waals surface area contributed by atoms with Crippen LogP contribution in [-0.2, 0) is 9.53 Å². The van der Waals surface area contributed by atoms with Gasteiger partial charge in [-0.1, -0.05) is 6.07 Å². The van der Waals surface area contributed by atoms with E-state index in [1.165, 1.54) is 22.6 Å². The summed E-state index contributed by atoms with van der Waals surface area (Å²) in [5.41, 5.74) is 2.61. The van der Waals surface area contributed by atoms with Gasteiger partial charge >= 0.3 is 0 Å². The number of thiophene rings is 1. The molecule has 4 nitrogen and oxygen atoms in total. The molecule has 26 heavy (non-hydrogen) atoms. The van der Waals surface area contributed by atoms with Crippen molar-refractivity contribution in [3.8, 4) is 0 Å². The molecular weight excluding hydrogens is 358 g/mol. The molecule has 0 radical (unpaired) electrons. The van der Waals surface area contributed by atoms with Gasteiger partial charge in [-0.3, -0.25) is 9.69 Å². The second-order valence-electron chi connectivity index (χ2n) is 6.55. The molecule has 140 valence electrons. The van der Waals surface area contributed by atoms with Crippen LogP contribution in [0.2, 0.25) is 0 Å². The summed E-state index contributed by atoms with van der Waals surface area (Å²) in [5.74, 6) is -1.34. The second-order valence-corrected chi connectivity index (χ2v) is 7.77. The minimum atomic E-state index is -0.624. The topological polar surface area (TPSA) is 41.6 Å². The monoisotopic (exact) mass is 380 g/mol. The Morgan fingerprint density at radius 1 is 1.31 bits per heavy atom. The predicted octanol–water partition coefficient (Wildman–Crippen LogP) is 3.96. The van der Waals surface area contributed by atoms with Crippen LogP contribution >= 0.6 is 11.3 Å². The molecule has 1 aromatic heterocycles. The van der Waals surface area contributed by atoms with Crippen LogP contribution in [0.3, 0.4) is 0 Å². The van der Waals surface area contributed by atoms with Crippen LogP contribution in [0.4, 0.5) is 13.8 Å². The van der Waals surface area contributed by atoms with Crippen LogP contribution in [-0.4, -0.2) is 37.0 Å². The average Bonchev–Trinajstić information content (AvgIpc) is 2.82. The Morgan fingerprint density at radius 2 is 2.08 bits per heavy atom. The van der Waals surface area contributed by atoms with Crippen LogP contribution in [0.15, 0.2) is 18.2 Å². The molecule has 1 fully saturated rings. The quantitative estimate of drug-likeness (QED) is 0.873. The fraction of sp³-hybridized carbons (Fsp3) is 0.421. The highest BCUT2D eigenvalue weighted by Crippen LogP contribution is 2.31. The summed E-state index contributed by atoms with van der Waals surface area (Å²) in [5, 5.41) is 3.84. The first-order valence-corrected chi connectivity index (χ1v) is 9.32. The van der Waals surface area contributed by atoms with E-state index in [0.29, 0.717) is 25.3 Å². The third-order valence-electron chi connectivity index (χ3n) is 4.77. The minimum absolute atomic E-state index is 0.102. The van der Waals surface area contributed by atoms with Crippen molar-refractivity contribution in [3.05, 3.63) is 51.4 Å². The number of halogens is 2. The maximum absolute atomic E-state index is 14.0. The lowest BCUT2D eigenvalue weighted by molar-refractivity contribution is -0.119. The van der Waals surface area contributed by atoms with Crippen LogP contribution in [0.25, 0.3) is 0 Å². The van der Waals surface area contributed by atoms with E-state index in [1.54, 1.807) is 11.3 Å². The van der Waals surface area contributed by atoms with Crippen LogP contribution in [0.1, 0.15) is 27.7 Å². The lowest BCUT2D eigenvalue weighted by Gasteiger charge is -2.32. The maximum atomic E-state index is 14.0. The number of anilines is 1. The summed E-state index contributed by atoms with van der Waals surface area (Å²) in [6.07, 6.45) is -0.509. The molecule has 1 unspecified atom stereocenters. The van der Waals surface area contributed by atoms with E-state index >= 15 is 0 Å². The summed E-state index contributed by atoms with van der Waals surface area (Å²) in [6, 6.07) is 3.48. The number of carbonyl (C=O) groups is 1. The van der Waals surface area contributed by atoms with Crippen molar-refractivity contribution in [3.63, 3.8) is 0 Å². The van der Waals surface area contributed by atoms with E-state index in [0.717, 1.165) is 16.6 Å². The van der Waals surface area contributed by atoms with Crippen molar-refractivity contribution in [2.75, 3.05) is 31.6 Å². The molecule has 1 aliphatic rings. The summed E-state index contributed by atoms with van der Waals surface area (Å²) < 4.78 is 32.7. The Bertz CT molecular complexity index is 822. The molecule has 0 bridgehead atoms. The second kappa shape index (κ2) is 7.82. The largest absolute Gasteiger partial charge is 0.371 e. The third kappa shape index (κ3) is 4.11. The van der Waals surface area contributed by atoms with Gasteiger partial charge in [0.05, 0.1) is 24.3 Å². The highest BCUT2D eigenvalue weighted by atomic mass is 32.1. The Labute approximate surface area is 155 Å². The molecule has 2 aromatic rings. The number of benzene rings is 1. The predicted molar refractivity (Wildman–Crippen MR) is 98.7 cm³/mol. The number of nitrogens with one attached hydrogen (secondary N) is 1. The number of morpholine rings is 1. The van der Waals surface area contributed by atoms with E-state index < -0.39 is 17.7 Å². The number of rotatable bonds is 4. The maximum Gasteiger partial charge on any atom is 0.239 e. The highest BCUT2D eigenvalue weighted by molar-refractivity contribution is 7.16. The molecule has 1 N–H and O–H groups in total. The van der Waals surface area contributed by atoms with E-state index in [1.807, 2.05) is 25.7 Å². The molecule has 3 rings (SSSR count). The molecule has 0 saturated carbocycles. The van der Waals surface area contributed by atoms with E-state index in [9.17, 15) is 13.6 Å². The summed E-state index contributed by atoms with van der Waals surface area (Å²) in [6.45, 7) is 7.65. The lowest BCUT2D eigenvalue weighted by atomic mass is 10.1. The highest BCUT2D eigenvalue weighted by Gasteiger charge is 2.26. The molecule has 1 aromatic carbocycles. The van der Waals surface area contributed by atoms with Gasteiger partial charge in [-0.05, 0) is 38.0 Å². The van der Waals surface area contributed by atoms with Gasteiger partial charge in [0.1, 0.15) is 11.6 Å². The van der Waals surface area contributed by atoms with E-state index in [4.69, 9.17) is 4.74 Å². The Kier molecular flexibility index (Phi) is 5.70. The molecule has 0 aliphatic carbocycles. The van der Waals surface area contributed by atoms with Crippen molar-refractivity contribution < 1.29 is 18.3 Å². The summed E-state index contributed by atoms with van der Waals surface area (Å²) >= 11 is 1.57. The van der Waals surface area contributed by atoms with Crippen molar-refractivity contribution in [2.24, 2.45) is 0 Å². The van der Waals surface area contributed by atoms with E-state index in [2.05, 4.69) is 5.32 Å². The third-order valence-corrected chi connectivity index (χ3v) is 5.99.